The highest BCUT2D eigenvalue weighted by atomic mass is 32.1. The summed E-state index contributed by atoms with van der Waals surface area (Å²) in [7, 11) is 1.44. The van der Waals surface area contributed by atoms with Gasteiger partial charge in [0.2, 0.25) is 0 Å². The number of carbonyl (C=O) groups excluding carboxylic acids is 1. The van der Waals surface area contributed by atoms with E-state index < -0.39 is 0 Å². The number of aromatic nitrogens is 1. The second-order valence-corrected chi connectivity index (χ2v) is 7.07. The Morgan fingerprint density at radius 3 is 2.40 bits per heavy atom. The molecule has 0 bridgehead atoms. The van der Waals surface area contributed by atoms with E-state index in [1.165, 1.54) is 29.5 Å². The van der Waals surface area contributed by atoms with Gasteiger partial charge < -0.3 is 15.0 Å². The lowest BCUT2D eigenvalue weighted by molar-refractivity contribution is -0.140. The Hall–Kier alpha value is -1.88. The number of nitrogens with one attached hydrogen (secondary N) is 2. The van der Waals surface area contributed by atoms with Gasteiger partial charge in [0.1, 0.15) is 4.99 Å². The number of allylic oxidation sites excluding steroid dienone is 1. The van der Waals surface area contributed by atoms with Crippen LogP contribution in [0.25, 0.3) is 6.08 Å². The maximum absolute atomic E-state index is 11.1. The molecule has 0 atom stereocenters. The molecule has 0 saturated heterocycles. The average molecular weight is 361 g/mol. The predicted octanol–water partition coefficient (Wildman–Crippen LogP) is 4.52. The van der Waals surface area contributed by atoms with Gasteiger partial charge in [0.05, 0.1) is 7.11 Å². The summed E-state index contributed by atoms with van der Waals surface area (Å²) in [5, 5.41) is 3.29. The van der Waals surface area contributed by atoms with E-state index in [9.17, 15) is 4.79 Å². The molecule has 136 valence electrons. The summed E-state index contributed by atoms with van der Waals surface area (Å²) < 4.78 is 4.67. The Kier molecular flexibility index (Phi) is 6.59. The number of aromatic amines is 1. The van der Waals surface area contributed by atoms with Gasteiger partial charge in [-0.1, -0.05) is 18.6 Å². The van der Waals surface area contributed by atoms with Crippen LogP contribution in [0.4, 0.5) is 0 Å². The van der Waals surface area contributed by atoms with Gasteiger partial charge in [0.15, 0.2) is 0 Å². The molecule has 2 rings (SSSR count). The predicted molar refractivity (Wildman–Crippen MR) is 107 cm³/mol. The molecular formula is C20H28N2O2S. The molecule has 0 amide bonds. The van der Waals surface area contributed by atoms with Crippen molar-refractivity contribution in [3.05, 3.63) is 39.4 Å². The summed E-state index contributed by atoms with van der Waals surface area (Å²) in [6.45, 7) is 8.47. The first-order valence-corrected chi connectivity index (χ1v) is 9.21. The summed E-state index contributed by atoms with van der Waals surface area (Å²) in [4.78, 5) is 15.5. The fourth-order valence-electron chi connectivity index (χ4n) is 2.99. The van der Waals surface area contributed by atoms with Crippen LogP contribution in [0.5, 0.6) is 0 Å². The zero-order valence-corrected chi connectivity index (χ0v) is 16.7. The van der Waals surface area contributed by atoms with Crippen molar-refractivity contribution < 1.29 is 9.53 Å². The number of carbonyl (C=O) groups is 1. The maximum atomic E-state index is 11.1. The van der Waals surface area contributed by atoms with E-state index in [4.69, 9.17) is 12.2 Å². The quantitative estimate of drug-likeness (QED) is 0.427. The molecule has 4 nitrogen and oxygen atoms in total. The first-order valence-electron chi connectivity index (χ1n) is 8.81. The third kappa shape index (κ3) is 4.60. The SMILES string of the molecule is COC(=O)CCCCCc1[nH]c(/C=C2\NC(=S)C(C)=C2C)c(C)c1C. The molecule has 0 radical (unpaired) electrons. The molecule has 2 heterocycles. The van der Waals surface area contributed by atoms with Crippen molar-refractivity contribution in [1.29, 1.82) is 0 Å². The molecule has 0 aromatic carbocycles. The molecule has 0 fully saturated rings. The van der Waals surface area contributed by atoms with E-state index in [-0.39, 0.29) is 5.97 Å². The summed E-state index contributed by atoms with van der Waals surface area (Å²) in [5.41, 5.74) is 8.45. The molecule has 0 aliphatic carbocycles. The minimum Gasteiger partial charge on any atom is -0.469 e. The monoisotopic (exact) mass is 360 g/mol. The van der Waals surface area contributed by atoms with Crippen LogP contribution in [0.3, 0.4) is 0 Å². The number of rotatable bonds is 7. The minimum atomic E-state index is -0.124. The Morgan fingerprint density at radius 1 is 1.08 bits per heavy atom. The van der Waals surface area contributed by atoms with Crippen LogP contribution < -0.4 is 5.32 Å². The molecular weight excluding hydrogens is 332 g/mol. The van der Waals surface area contributed by atoms with Gasteiger partial charge in [-0.25, -0.2) is 0 Å². The number of hydrogen-bond acceptors (Lipinski definition) is 3. The van der Waals surface area contributed by atoms with Gasteiger partial charge in [-0.15, -0.1) is 0 Å². The third-order valence-corrected chi connectivity index (χ3v) is 5.49. The van der Waals surface area contributed by atoms with Crippen molar-refractivity contribution in [3.63, 3.8) is 0 Å². The lowest BCUT2D eigenvalue weighted by Crippen LogP contribution is -2.13. The van der Waals surface area contributed by atoms with Gasteiger partial charge in [0.25, 0.3) is 0 Å². The van der Waals surface area contributed by atoms with Crippen molar-refractivity contribution in [2.45, 2.75) is 59.8 Å². The lowest BCUT2D eigenvalue weighted by atomic mass is 10.1. The smallest absolute Gasteiger partial charge is 0.305 e. The Bertz CT molecular complexity index is 741. The first-order chi connectivity index (χ1) is 11.8. The highest BCUT2D eigenvalue weighted by Crippen LogP contribution is 2.26. The number of methoxy groups -OCH3 is 1. The van der Waals surface area contributed by atoms with E-state index in [1.807, 2.05) is 0 Å². The second-order valence-electron chi connectivity index (χ2n) is 6.67. The molecule has 1 aromatic rings. The zero-order chi connectivity index (χ0) is 18.6. The van der Waals surface area contributed by atoms with Crippen LogP contribution in [0.1, 0.15) is 62.0 Å². The number of aryl methyl sites for hydroxylation is 1. The summed E-state index contributed by atoms with van der Waals surface area (Å²) in [6, 6.07) is 0. The van der Waals surface area contributed by atoms with Gasteiger partial charge in [-0.05, 0) is 75.3 Å². The van der Waals surface area contributed by atoms with E-state index in [0.29, 0.717) is 6.42 Å². The average Bonchev–Trinajstić information content (AvgIpc) is 2.99. The molecule has 0 spiro atoms. The fourth-order valence-corrected chi connectivity index (χ4v) is 3.26. The fraction of sp³-hybridized carbons (Fsp3) is 0.500. The normalized spacial score (nSPS) is 15.9. The Labute approximate surface area is 155 Å². The van der Waals surface area contributed by atoms with Crippen LogP contribution in [0.2, 0.25) is 0 Å². The second kappa shape index (κ2) is 8.48. The van der Waals surface area contributed by atoms with E-state index in [2.05, 4.69) is 48.8 Å². The topological polar surface area (TPSA) is 54.1 Å². The number of ether oxygens (including phenoxy) is 1. The summed E-state index contributed by atoms with van der Waals surface area (Å²) in [5.74, 6) is -0.124. The van der Waals surface area contributed by atoms with E-state index >= 15 is 0 Å². The highest BCUT2D eigenvalue weighted by Gasteiger charge is 2.18. The number of esters is 1. The molecule has 1 aliphatic rings. The molecule has 5 heteroatoms. The Balaban J connectivity index is 2.01. The van der Waals surface area contributed by atoms with Crippen LogP contribution in [-0.4, -0.2) is 23.1 Å². The van der Waals surface area contributed by atoms with Crippen LogP contribution in [0.15, 0.2) is 16.8 Å². The lowest BCUT2D eigenvalue weighted by Gasteiger charge is -2.02. The third-order valence-electron chi connectivity index (χ3n) is 5.08. The first kappa shape index (κ1) is 19.4. The molecule has 1 aliphatic heterocycles. The van der Waals surface area contributed by atoms with E-state index in [1.54, 1.807) is 0 Å². The van der Waals surface area contributed by atoms with Gasteiger partial charge >= 0.3 is 5.97 Å². The molecule has 0 saturated carbocycles. The molecule has 1 aromatic heterocycles. The van der Waals surface area contributed by atoms with Crippen LogP contribution >= 0.6 is 12.2 Å². The van der Waals surface area contributed by atoms with Gasteiger partial charge in [0, 0.05) is 23.5 Å². The van der Waals surface area contributed by atoms with Crippen molar-refractivity contribution in [2.24, 2.45) is 0 Å². The van der Waals surface area contributed by atoms with Crippen molar-refractivity contribution in [3.8, 4) is 0 Å². The minimum absolute atomic E-state index is 0.124. The van der Waals surface area contributed by atoms with Gasteiger partial charge in [-0.3, -0.25) is 4.79 Å². The number of H-pyrrole nitrogens is 1. The zero-order valence-electron chi connectivity index (χ0n) is 15.8. The molecule has 25 heavy (non-hydrogen) atoms. The largest absolute Gasteiger partial charge is 0.469 e. The van der Waals surface area contributed by atoms with Crippen molar-refractivity contribution in [2.75, 3.05) is 7.11 Å². The summed E-state index contributed by atoms with van der Waals surface area (Å²) >= 11 is 5.33. The highest BCUT2D eigenvalue weighted by molar-refractivity contribution is 7.80. The van der Waals surface area contributed by atoms with Gasteiger partial charge in [-0.2, -0.15) is 0 Å². The van der Waals surface area contributed by atoms with E-state index in [0.717, 1.165) is 47.6 Å². The van der Waals surface area contributed by atoms with Crippen LogP contribution in [-0.2, 0) is 16.0 Å². The number of unbranched alkanes of at least 4 members (excludes halogenated alkanes) is 2. The Morgan fingerprint density at radius 2 is 1.80 bits per heavy atom. The standard InChI is InChI=1S/C20H28N2O2S/c1-12-13(2)17(11-18-14(3)15(4)20(25)22-18)21-16(12)9-7-6-8-10-19(23)24-5/h11,21H,6-10H2,1-5H3,(H,22,25)/b18-11-. The van der Waals surface area contributed by atoms with Crippen LogP contribution in [0, 0.1) is 13.8 Å². The number of hydrogen-bond donors (Lipinski definition) is 2. The van der Waals surface area contributed by atoms with Crippen molar-refractivity contribution in [1.82, 2.24) is 10.3 Å². The molecule has 2 N–H and O–H groups in total. The maximum Gasteiger partial charge on any atom is 0.305 e. The summed E-state index contributed by atoms with van der Waals surface area (Å²) in [6.07, 6.45) is 6.63. The van der Waals surface area contributed by atoms with Crippen molar-refractivity contribution >= 4 is 29.3 Å². The number of thiocarbonyl (C=S) groups is 1. The molecule has 0 unspecified atom stereocenters.